The third kappa shape index (κ3) is 4.49. The largest absolute Gasteiger partial charge is 0.340 e. The van der Waals surface area contributed by atoms with Gasteiger partial charge in [0.2, 0.25) is 5.91 Å². The summed E-state index contributed by atoms with van der Waals surface area (Å²) in [7, 11) is -0.763. The number of hydrogen-bond acceptors (Lipinski definition) is 4. The van der Waals surface area contributed by atoms with Gasteiger partial charge in [0, 0.05) is 25.7 Å². The predicted molar refractivity (Wildman–Crippen MR) is 97.1 cm³/mol. The van der Waals surface area contributed by atoms with Crippen LogP contribution in [0.15, 0.2) is 40.6 Å². The molecule has 0 bridgehead atoms. The minimum Gasteiger partial charge on any atom is -0.340 e. The molecule has 1 heterocycles. The van der Waals surface area contributed by atoms with E-state index in [0.29, 0.717) is 15.9 Å². The van der Waals surface area contributed by atoms with E-state index in [9.17, 15) is 13.2 Å². The molecular formula is C15H16Cl2N2O3S2. The van der Waals surface area contributed by atoms with Crippen molar-refractivity contribution in [1.82, 2.24) is 9.21 Å². The normalized spacial score (nSPS) is 11.7. The zero-order valence-corrected chi connectivity index (χ0v) is 16.2. The van der Waals surface area contributed by atoms with Gasteiger partial charge in [-0.25, -0.2) is 8.42 Å². The summed E-state index contributed by atoms with van der Waals surface area (Å²) in [5, 5.41) is 0.561. The summed E-state index contributed by atoms with van der Waals surface area (Å²) < 4.78 is 26.3. The Morgan fingerprint density at radius 1 is 1.12 bits per heavy atom. The van der Waals surface area contributed by atoms with E-state index in [2.05, 4.69) is 0 Å². The summed E-state index contributed by atoms with van der Waals surface area (Å²) in [5.41, 5.74) is 0.797. The molecule has 130 valence electrons. The molecule has 0 atom stereocenters. The van der Waals surface area contributed by atoms with Gasteiger partial charge in [0.05, 0.1) is 10.9 Å². The highest BCUT2D eigenvalue weighted by Crippen LogP contribution is 2.27. The molecular weight excluding hydrogens is 391 g/mol. The van der Waals surface area contributed by atoms with Gasteiger partial charge < -0.3 is 4.90 Å². The molecule has 24 heavy (non-hydrogen) atoms. The van der Waals surface area contributed by atoms with Crippen LogP contribution in [-0.4, -0.2) is 44.2 Å². The van der Waals surface area contributed by atoms with Crippen LogP contribution in [0, 0.1) is 0 Å². The fraction of sp³-hybridized carbons (Fsp3) is 0.267. The second kappa shape index (κ2) is 7.84. The molecule has 9 heteroatoms. The fourth-order valence-corrected chi connectivity index (χ4v) is 4.97. The lowest BCUT2D eigenvalue weighted by atomic mass is 10.2. The summed E-state index contributed by atoms with van der Waals surface area (Å²) in [5.74, 6) is -0.330. The van der Waals surface area contributed by atoms with E-state index < -0.39 is 10.0 Å². The van der Waals surface area contributed by atoms with Crippen LogP contribution in [0.5, 0.6) is 0 Å². The van der Waals surface area contributed by atoms with E-state index in [1.807, 2.05) is 12.1 Å². The molecule has 0 aliphatic carbocycles. The number of sulfonamides is 1. The summed E-state index contributed by atoms with van der Waals surface area (Å²) in [6.45, 7) is 0.0377. The second-order valence-electron chi connectivity index (χ2n) is 5.16. The van der Waals surface area contributed by atoms with Crippen molar-refractivity contribution in [2.75, 3.05) is 20.6 Å². The zero-order chi connectivity index (χ0) is 17.9. The maximum absolute atomic E-state index is 12.4. The summed E-state index contributed by atoms with van der Waals surface area (Å²) in [6.07, 6.45) is 0. The minimum atomic E-state index is -3.73. The average molecular weight is 407 g/mol. The minimum absolute atomic E-state index is 0.108. The number of rotatable bonds is 6. The molecule has 1 aromatic carbocycles. The standard InChI is InChI=1S/C15H16Cl2N2O3S2/c1-18(9-11-5-3-4-6-12(11)16)14(20)10-19(2)24(21,22)15-8-7-13(17)23-15/h3-8H,9-10H2,1-2H3. The molecule has 0 aliphatic heterocycles. The maximum Gasteiger partial charge on any atom is 0.252 e. The molecule has 2 aromatic rings. The van der Waals surface area contributed by atoms with Crippen molar-refractivity contribution in [3.63, 3.8) is 0 Å². The van der Waals surface area contributed by atoms with Crippen molar-refractivity contribution in [3.8, 4) is 0 Å². The van der Waals surface area contributed by atoms with Gasteiger partial charge in [-0.05, 0) is 23.8 Å². The van der Waals surface area contributed by atoms with Crippen LogP contribution in [0.3, 0.4) is 0 Å². The lowest BCUT2D eigenvalue weighted by Crippen LogP contribution is -2.38. The van der Waals surface area contributed by atoms with Gasteiger partial charge in [0.25, 0.3) is 10.0 Å². The fourth-order valence-electron chi connectivity index (χ4n) is 1.96. The van der Waals surface area contributed by atoms with E-state index in [-0.39, 0.29) is 16.7 Å². The van der Waals surface area contributed by atoms with Crippen LogP contribution in [0.25, 0.3) is 0 Å². The Morgan fingerprint density at radius 2 is 1.79 bits per heavy atom. The lowest BCUT2D eigenvalue weighted by Gasteiger charge is -2.22. The monoisotopic (exact) mass is 406 g/mol. The van der Waals surface area contributed by atoms with Crippen molar-refractivity contribution < 1.29 is 13.2 Å². The van der Waals surface area contributed by atoms with Gasteiger partial charge in [-0.2, -0.15) is 4.31 Å². The Bertz CT molecular complexity index is 837. The van der Waals surface area contributed by atoms with Crippen molar-refractivity contribution in [3.05, 3.63) is 51.3 Å². The van der Waals surface area contributed by atoms with Crippen molar-refractivity contribution in [2.45, 2.75) is 10.8 Å². The summed E-state index contributed by atoms with van der Waals surface area (Å²) >= 11 is 12.8. The number of halogens is 2. The molecule has 0 unspecified atom stereocenters. The van der Waals surface area contributed by atoms with Gasteiger partial charge in [-0.1, -0.05) is 41.4 Å². The van der Waals surface area contributed by atoms with E-state index in [4.69, 9.17) is 23.2 Å². The van der Waals surface area contributed by atoms with E-state index in [0.717, 1.165) is 21.2 Å². The van der Waals surface area contributed by atoms with Gasteiger partial charge in [-0.3, -0.25) is 4.79 Å². The van der Waals surface area contributed by atoms with Crippen LogP contribution in [0.1, 0.15) is 5.56 Å². The molecule has 0 saturated carbocycles. The Kier molecular flexibility index (Phi) is 6.28. The highest BCUT2D eigenvalue weighted by Gasteiger charge is 2.25. The first-order valence-electron chi connectivity index (χ1n) is 6.91. The number of carbonyl (C=O) groups excluding carboxylic acids is 1. The first kappa shape index (κ1) is 19.2. The number of hydrogen-bond donors (Lipinski definition) is 0. The first-order valence-corrected chi connectivity index (χ1v) is 9.92. The molecule has 0 saturated heterocycles. The van der Waals surface area contributed by atoms with Crippen molar-refractivity contribution in [1.29, 1.82) is 0 Å². The first-order chi connectivity index (χ1) is 11.2. The SMILES string of the molecule is CN(Cc1ccccc1Cl)C(=O)CN(C)S(=O)(=O)c1ccc(Cl)s1. The highest BCUT2D eigenvalue weighted by atomic mass is 35.5. The van der Waals surface area contributed by atoms with E-state index in [1.54, 1.807) is 19.2 Å². The molecule has 0 aliphatic rings. The third-order valence-electron chi connectivity index (χ3n) is 3.36. The highest BCUT2D eigenvalue weighted by molar-refractivity contribution is 7.91. The molecule has 5 nitrogen and oxygen atoms in total. The Labute approximate surface area is 155 Å². The molecule has 1 aromatic heterocycles. The molecule has 0 fully saturated rings. The summed E-state index contributed by atoms with van der Waals surface area (Å²) in [4.78, 5) is 13.7. The van der Waals surface area contributed by atoms with Gasteiger partial charge >= 0.3 is 0 Å². The van der Waals surface area contributed by atoms with E-state index >= 15 is 0 Å². The topological polar surface area (TPSA) is 57.7 Å². The number of likely N-dealkylation sites (N-methyl/N-ethyl adjacent to an activating group) is 2. The van der Waals surface area contributed by atoms with E-state index in [1.165, 1.54) is 24.1 Å². The zero-order valence-electron chi connectivity index (χ0n) is 13.1. The molecule has 0 N–H and O–H groups in total. The smallest absolute Gasteiger partial charge is 0.252 e. The molecule has 2 rings (SSSR count). The van der Waals surface area contributed by atoms with Crippen LogP contribution >= 0.6 is 34.5 Å². The van der Waals surface area contributed by atoms with Crippen LogP contribution < -0.4 is 0 Å². The lowest BCUT2D eigenvalue weighted by molar-refractivity contribution is -0.130. The van der Waals surface area contributed by atoms with Crippen LogP contribution in [-0.2, 0) is 21.4 Å². The van der Waals surface area contributed by atoms with Gasteiger partial charge in [0.15, 0.2) is 0 Å². The van der Waals surface area contributed by atoms with Crippen molar-refractivity contribution >= 4 is 50.5 Å². The van der Waals surface area contributed by atoms with Gasteiger partial charge in [0.1, 0.15) is 4.21 Å². The van der Waals surface area contributed by atoms with Crippen LogP contribution in [0.2, 0.25) is 9.36 Å². The number of amides is 1. The average Bonchev–Trinajstić information content (AvgIpc) is 2.96. The Morgan fingerprint density at radius 3 is 2.38 bits per heavy atom. The summed E-state index contributed by atoms with van der Waals surface area (Å²) in [6, 6.07) is 10.1. The molecule has 1 amide bonds. The maximum atomic E-state index is 12.4. The van der Waals surface area contributed by atoms with Crippen LogP contribution in [0.4, 0.5) is 0 Å². The number of carbonyl (C=O) groups is 1. The molecule has 0 spiro atoms. The second-order valence-corrected chi connectivity index (χ2v) is 9.55. The Balaban J connectivity index is 2.04. The quantitative estimate of drug-likeness (QED) is 0.738. The van der Waals surface area contributed by atoms with Crippen molar-refractivity contribution in [2.24, 2.45) is 0 Å². The van der Waals surface area contributed by atoms with Gasteiger partial charge in [-0.15, -0.1) is 11.3 Å². The number of benzene rings is 1. The third-order valence-corrected chi connectivity index (χ3v) is 7.23. The Hall–Kier alpha value is -1.12. The molecule has 0 radical (unpaired) electrons. The number of nitrogens with zero attached hydrogens (tertiary/aromatic N) is 2. The predicted octanol–water partition coefficient (Wildman–Crippen LogP) is 3.33. The number of thiophene rings is 1.